The van der Waals surface area contributed by atoms with Crippen LogP contribution in [0.4, 0.5) is 0 Å². The van der Waals surface area contributed by atoms with Gasteiger partial charge in [0.15, 0.2) is 0 Å². The van der Waals surface area contributed by atoms with Crippen LogP contribution in [0.1, 0.15) is 73.7 Å². The van der Waals surface area contributed by atoms with E-state index in [9.17, 15) is 68.1 Å². The van der Waals surface area contributed by atoms with Crippen molar-refractivity contribution in [3.05, 3.63) is 35.4 Å². The summed E-state index contributed by atoms with van der Waals surface area (Å²) in [5, 5.41) is 31.5. The van der Waals surface area contributed by atoms with Crippen LogP contribution in [0.15, 0.2) is 24.3 Å². The van der Waals surface area contributed by atoms with Crippen molar-refractivity contribution >= 4 is 65.2 Å². The molecule has 1 aromatic rings. The van der Waals surface area contributed by atoms with Crippen molar-refractivity contribution < 1.29 is 72.9 Å². The van der Waals surface area contributed by atoms with E-state index in [-0.39, 0.29) is 51.1 Å². The third-order valence-electron chi connectivity index (χ3n) is 9.67. The summed E-state index contributed by atoms with van der Waals surface area (Å²) in [6.45, 7) is -3.11. The lowest BCUT2D eigenvalue weighted by Gasteiger charge is -2.30. The molecule has 21 nitrogen and oxygen atoms in total. The number of benzene rings is 1. The van der Waals surface area contributed by atoms with Gasteiger partial charge in [0.2, 0.25) is 23.6 Å². The SMILES string of the molecule is Cc1cccc(C(=O)NCCCCN(CC(=O)O)C(=O)CN(CC(=O)O)C(=O)CN(C)C(=O)CN(CC(=O)O)C(=O)CC2CCCC(C(=O)ON3C(=O)CCC3=O)C2)c1. The summed E-state index contributed by atoms with van der Waals surface area (Å²) >= 11 is 0. The summed E-state index contributed by atoms with van der Waals surface area (Å²) in [6, 6.07) is 6.93. The summed E-state index contributed by atoms with van der Waals surface area (Å²) in [4.78, 5) is 145. The topological polar surface area (TPSA) is 286 Å². The number of carboxylic acid groups (broad SMARTS) is 3. The molecular formula is C38H50N6O15. The number of carboxylic acids is 3. The first-order valence-electron chi connectivity index (χ1n) is 19.0. The Kier molecular flexibility index (Phi) is 17.9. The van der Waals surface area contributed by atoms with Crippen LogP contribution in [-0.2, 0) is 52.8 Å². The molecule has 322 valence electrons. The molecule has 59 heavy (non-hydrogen) atoms. The number of aryl methyl sites for hydroxylation is 1. The number of carbonyl (C=O) groups excluding carboxylic acids is 8. The molecule has 2 aliphatic rings. The van der Waals surface area contributed by atoms with Gasteiger partial charge in [-0.15, -0.1) is 5.06 Å². The number of carbonyl (C=O) groups is 11. The molecule has 0 bridgehead atoms. The van der Waals surface area contributed by atoms with Gasteiger partial charge in [-0.05, 0) is 57.1 Å². The fourth-order valence-corrected chi connectivity index (χ4v) is 6.59. The van der Waals surface area contributed by atoms with Crippen molar-refractivity contribution in [3.8, 4) is 0 Å². The molecule has 1 heterocycles. The first-order valence-corrected chi connectivity index (χ1v) is 19.0. The van der Waals surface area contributed by atoms with E-state index in [4.69, 9.17) is 4.84 Å². The zero-order valence-corrected chi connectivity index (χ0v) is 33.0. The van der Waals surface area contributed by atoms with Crippen LogP contribution >= 0.6 is 0 Å². The van der Waals surface area contributed by atoms with Crippen molar-refractivity contribution in [1.29, 1.82) is 0 Å². The number of rotatable bonds is 22. The van der Waals surface area contributed by atoms with E-state index >= 15 is 0 Å². The molecule has 1 aliphatic carbocycles. The van der Waals surface area contributed by atoms with Crippen LogP contribution in [-0.4, -0.2) is 165 Å². The van der Waals surface area contributed by atoms with Gasteiger partial charge in [0.25, 0.3) is 17.7 Å². The smallest absolute Gasteiger partial charge is 0.336 e. The number of unbranched alkanes of at least 4 members (excludes halogenated alkanes) is 1. The molecule has 0 radical (unpaired) electrons. The van der Waals surface area contributed by atoms with Crippen LogP contribution < -0.4 is 5.32 Å². The Morgan fingerprint density at radius 2 is 1.32 bits per heavy atom. The predicted molar refractivity (Wildman–Crippen MR) is 200 cm³/mol. The Balaban J connectivity index is 1.56. The molecule has 3 rings (SSSR count). The number of aliphatic carboxylic acids is 3. The Bertz CT molecular complexity index is 1790. The second kappa shape index (κ2) is 22.5. The maximum atomic E-state index is 13.3. The molecule has 1 aromatic carbocycles. The van der Waals surface area contributed by atoms with E-state index in [0.717, 1.165) is 27.3 Å². The molecule has 1 saturated carbocycles. The zero-order valence-electron chi connectivity index (χ0n) is 33.0. The molecule has 2 atom stereocenters. The molecule has 0 aromatic heterocycles. The average Bonchev–Trinajstić information content (AvgIpc) is 3.48. The standard InChI is InChI=1S/C38H50N6O15/c1-24-7-5-9-26(15-24)37(57)39-13-3-4-14-41(21-34(51)52)33(50)20-43(23-36(55)56)32(49)18-40(2)31(48)19-42(22-35(53)54)30(47)17-25-8-6-10-27(16-25)38(58)59-44-28(45)11-12-29(44)46/h5,7,9,15,25,27H,3-4,6,8,10-14,16-23H2,1-2H3,(H,39,57)(H,51,52)(H,53,54)(H,55,56). The van der Waals surface area contributed by atoms with Gasteiger partial charge in [-0.25, -0.2) is 4.79 Å². The summed E-state index contributed by atoms with van der Waals surface area (Å²) < 4.78 is 0. The second-order valence-electron chi connectivity index (χ2n) is 14.5. The highest BCUT2D eigenvalue weighted by Crippen LogP contribution is 2.33. The number of hydrogen-bond acceptors (Lipinski definition) is 12. The third-order valence-corrected chi connectivity index (χ3v) is 9.67. The van der Waals surface area contributed by atoms with E-state index < -0.39 is 110 Å². The molecule has 4 N–H and O–H groups in total. The zero-order chi connectivity index (χ0) is 43.8. The van der Waals surface area contributed by atoms with E-state index in [1.165, 1.54) is 0 Å². The molecular weight excluding hydrogens is 780 g/mol. The van der Waals surface area contributed by atoms with E-state index in [2.05, 4.69) is 5.32 Å². The number of nitrogens with zero attached hydrogens (tertiary/aromatic N) is 5. The first kappa shape index (κ1) is 47.0. The van der Waals surface area contributed by atoms with Gasteiger partial charge in [0.05, 0.1) is 12.5 Å². The molecule has 21 heteroatoms. The summed E-state index contributed by atoms with van der Waals surface area (Å²) in [7, 11) is 1.14. The first-order chi connectivity index (χ1) is 27.8. The Morgan fingerprint density at radius 1 is 0.746 bits per heavy atom. The fraction of sp³-hybridized carbons (Fsp3) is 0.553. The summed E-state index contributed by atoms with van der Waals surface area (Å²) in [5.74, 6) is -11.4. The molecule has 1 saturated heterocycles. The fourth-order valence-electron chi connectivity index (χ4n) is 6.59. The Morgan fingerprint density at radius 3 is 1.93 bits per heavy atom. The molecule has 2 fully saturated rings. The number of imide groups is 1. The maximum absolute atomic E-state index is 13.3. The third kappa shape index (κ3) is 15.5. The quantitative estimate of drug-likeness (QED) is 0.0847. The number of amides is 7. The normalized spacial score (nSPS) is 16.1. The minimum Gasteiger partial charge on any atom is -0.480 e. The van der Waals surface area contributed by atoms with Crippen molar-refractivity contribution in [2.75, 3.05) is 59.4 Å². The average molecular weight is 831 g/mol. The van der Waals surface area contributed by atoms with Crippen LogP contribution in [0, 0.1) is 18.8 Å². The van der Waals surface area contributed by atoms with E-state index in [1.807, 2.05) is 13.0 Å². The van der Waals surface area contributed by atoms with Gasteiger partial charge in [0.1, 0.15) is 32.7 Å². The highest BCUT2D eigenvalue weighted by atomic mass is 16.7. The number of nitrogens with one attached hydrogen (secondary N) is 1. The monoisotopic (exact) mass is 830 g/mol. The van der Waals surface area contributed by atoms with Crippen LogP contribution in [0.3, 0.4) is 0 Å². The van der Waals surface area contributed by atoms with Crippen molar-refractivity contribution in [2.24, 2.45) is 11.8 Å². The van der Waals surface area contributed by atoms with Gasteiger partial charge in [-0.3, -0.25) is 47.9 Å². The van der Waals surface area contributed by atoms with Crippen molar-refractivity contribution in [1.82, 2.24) is 30.0 Å². The lowest BCUT2D eigenvalue weighted by Crippen LogP contribution is -2.50. The van der Waals surface area contributed by atoms with E-state index in [0.29, 0.717) is 41.2 Å². The summed E-state index contributed by atoms with van der Waals surface area (Å²) in [6.07, 6.45) is 1.67. The lowest BCUT2D eigenvalue weighted by atomic mass is 9.79. The van der Waals surface area contributed by atoms with Crippen molar-refractivity contribution in [3.63, 3.8) is 0 Å². The second-order valence-corrected chi connectivity index (χ2v) is 14.5. The van der Waals surface area contributed by atoms with Gasteiger partial charge < -0.3 is 45.1 Å². The number of hydroxylamine groups is 2. The van der Waals surface area contributed by atoms with Crippen LogP contribution in [0.2, 0.25) is 0 Å². The van der Waals surface area contributed by atoms with Crippen molar-refractivity contribution in [2.45, 2.75) is 64.7 Å². The molecule has 2 unspecified atom stereocenters. The van der Waals surface area contributed by atoms with Gasteiger partial charge in [-0.1, -0.05) is 24.1 Å². The van der Waals surface area contributed by atoms with E-state index in [1.54, 1.807) is 18.2 Å². The van der Waals surface area contributed by atoms with Gasteiger partial charge >= 0.3 is 23.9 Å². The maximum Gasteiger partial charge on any atom is 0.336 e. The minimum atomic E-state index is -1.51. The van der Waals surface area contributed by atoms with Gasteiger partial charge in [-0.2, -0.15) is 0 Å². The molecule has 7 amide bonds. The Hall–Kier alpha value is -6.41. The molecule has 1 aliphatic heterocycles. The van der Waals surface area contributed by atoms with Gasteiger partial charge in [0, 0.05) is 45.0 Å². The number of likely N-dealkylation sites (N-methyl/N-ethyl adjacent to an activating group) is 1. The number of hydrogen-bond donors (Lipinski definition) is 4. The summed E-state index contributed by atoms with van der Waals surface area (Å²) in [5.41, 5.74) is 1.35. The Labute approximate surface area is 339 Å². The van der Waals surface area contributed by atoms with Crippen LogP contribution in [0.25, 0.3) is 0 Å². The lowest BCUT2D eigenvalue weighted by molar-refractivity contribution is -0.201. The molecule has 0 spiro atoms. The van der Waals surface area contributed by atoms with Crippen LogP contribution in [0.5, 0.6) is 0 Å². The highest BCUT2D eigenvalue weighted by molar-refractivity contribution is 6.01. The minimum absolute atomic E-state index is 0.0793. The highest BCUT2D eigenvalue weighted by Gasteiger charge is 2.37. The largest absolute Gasteiger partial charge is 0.480 e. The predicted octanol–water partition coefficient (Wildman–Crippen LogP) is -0.493.